The van der Waals surface area contributed by atoms with E-state index in [0.29, 0.717) is 6.54 Å². The van der Waals surface area contributed by atoms with Crippen molar-refractivity contribution < 1.29 is 14.3 Å². The Labute approximate surface area is 203 Å². The summed E-state index contributed by atoms with van der Waals surface area (Å²) in [6, 6.07) is 17.0. The summed E-state index contributed by atoms with van der Waals surface area (Å²) >= 11 is 0. The van der Waals surface area contributed by atoms with Crippen molar-refractivity contribution in [2.24, 2.45) is 5.92 Å². The summed E-state index contributed by atoms with van der Waals surface area (Å²) in [5, 5.41) is 6.10. The van der Waals surface area contributed by atoms with Crippen LogP contribution in [0.25, 0.3) is 0 Å². The van der Waals surface area contributed by atoms with Crippen LogP contribution >= 0.6 is 0 Å². The van der Waals surface area contributed by atoms with Gasteiger partial charge in [-0.3, -0.25) is 9.59 Å². The molecule has 2 N–H and O–H groups in total. The number of benzene rings is 2. The molecule has 3 atom stereocenters. The van der Waals surface area contributed by atoms with E-state index < -0.39 is 6.04 Å². The first-order valence-electron chi connectivity index (χ1n) is 12.7. The van der Waals surface area contributed by atoms with Crippen LogP contribution in [0.5, 0.6) is 11.5 Å². The molecule has 1 saturated carbocycles. The quantitative estimate of drug-likeness (QED) is 0.589. The van der Waals surface area contributed by atoms with Crippen LogP contribution in [-0.4, -0.2) is 42.4 Å². The summed E-state index contributed by atoms with van der Waals surface area (Å²) in [7, 11) is 1.77. The van der Waals surface area contributed by atoms with Gasteiger partial charge in [-0.15, -0.1) is 0 Å². The molecular weight excluding hydrogens is 426 g/mol. The van der Waals surface area contributed by atoms with Crippen LogP contribution in [0.15, 0.2) is 54.6 Å². The third-order valence-electron chi connectivity index (χ3n) is 7.27. The van der Waals surface area contributed by atoms with Gasteiger partial charge in [0.05, 0.1) is 12.1 Å². The number of hydrogen-bond acceptors (Lipinski definition) is 4. The Balaban J connectivity index is 1.53. The second-order valence-electron chi connectivity index (χ2n) is 9.57. The van der Waals surface area contributed by atoms with Crippen molar-refractivity contribution in [2.45, 2.75) is 70.0 Å². The van der Waals surface area contributed by atoms with Gasteiger partial charge < -0.3 is 20.3 Å². The SMILES string of the molecule is CN[C@@H](C)C(=O)N[C@H](C(=O)N1CCC[C@H]1c1cccc(Oc2ccccc2)c1)C1CCCCC1. The second kappa shape index (κ2) is 11.5. The maximum Gasteiger partial charge on any atom is 0.245 e. The molecule has 4 rings (SSSR count). The Morgan fingerprint density at radius 2 is 1.68 bits per heavy atom. The minimum atomic E-state index is -0.465. The fraction of sp³-hybridized carbons (Fsp3) is 0.500. The van der Waals surface area contributed by atoms with Crippen LogP contribution in [0.1, 0.15) is 63.5 Å². The molecule has 0 unspecified atom stereocenters. The number of rotatable bonds is 8. The minimum absolute atomic E-state index is 0.00320. The topological polar surface area (TPSA) is 70.7 Å². The van der Waals surface area contributed by atoms with E-state index in [4.69, 9.17) is 4.74 Å². The first-order valence-corrected chi connectivity index (χ1v) is 12.7. The molecule has 2 fully saturated rings. The largest absolute Gasteiger partial charge is 0.457 e. The molecule has 0 radical (unpaired) electrons. The van der Waals surface area contributed by atoms with Crippen LogP contribution in [0.3, 0.4) is 0 Å². The van der Waals surface area contributed by atoms with Gasteiger partial charge in [0.2, 0.25) is 11.8 Å². The predicted molar refractivity (Wildman–Crippen MR) is 134 cm³/mol. The van der Waals surface area contributed by atoms with Crippen LogP contribution in [-0.2, 0) is 9.59 Å². The van der Waals surface area contributed by atoms with Crippen molar-refractivity contribution in [3.05, 3.63) is 60.2 Å². The van der Waals surface area contributed by atoms with Crippen LogP contribution in [0.2, 0.25) is 0 Å². The number of likely N-dealkylation sites (tertiary alicyclic amines) is 1. The van der Waals surface area contributed by atoms with E-state index in [0.717, 1.165) is 55.6 Å². The lowest BCUT2D eigenvalue weighted by molar-refractivity contribution is -0.139. The van der Waals surface area contributed by atoms with E-state index in [1.165, 1.54) is 6.42 Å². The highest BCUT2D eigenvalue weighted by Crippen LogP contribution is 2.36. The molecule has 2 amide bonds. The lowest BCUT2D eigenvalue weighted by atomic mass is 9.83. The van der Waals surface area contributed by atoms with Gasteiger partial charge in [-0.05, 0) is 75.4 Å². The van der Waals surface area contributed by atoms with E-state index in [1.54, 1.807) is 7.05 Å². The molecule has 182 valence electrons. The number of amides is 2. The van der Waals surface area contributed by atoms with Crippen LogP contribution < -0.4 is 15.4 Å². The normalized spacial score (nSPS) is 20.5. The summed E-state index contributed by atoms with van der Waals surface area (Å²) in [6.45, 7) is 2.54. The van der Waals surface area contributed by atoms with Gasteiger partial charge in [-0.2, -0.15) is 0 Å². The van der Waals surface area contributed by atoms with Crippen LogP contribution in [0, 0.1) is 5.92 Å². The Bertz CT molecular complexity index is 958. The highest BCUT2D eigenvalue weighted by atomic mass is 16.5. The minimum Gasteiger partial charge on any atom is -0.457 e. The molecule has 2 aliphatic rings. The number of para-hydroxylation sites is 1. The monoisotopic (exact) mass is 463 g/mol. The van der Waals surface area contributed by atoms with Crippen molar-refractivity contribution in [3.8, 4) is 11.5 Å². The molecule has 6 nitrogen and oxygen atoms in total. The summed E-state index contributed by atoms with van der Waals surface area (Å²) < 4.78 is 6.04. The number of nitrogens with zero attached hydrogens (tertiary/aromatic N) is 1. The molecule has 0 bridgehead atoms. The van der Waals surface area contributed by atoms with E-state index in [9.17, 15) is 9.59 Å². The number of hydrogen-bond donors (Lipinski definition) is 2. The average molecular weight is 464 g/mol. The highest BCUT2D eigenvalue weighted by molar-refractivity contribution is 5.90. The Kier molecular flexibility index (Phi) is 8.22. The van der Waals surface area contributed by atoms with E-state index in [-0.39, 0.29) is 29.8 Å². The highest BCUT2D eigenvalue weighted by Gasteiger charge is 2.39. The van der Waals surface area contributed by atoms with E-state index >= 15 is 0 Å². The van der Waals surface area contributed by atoms with Crippen molar-refractivity contribution in [3.63, 3.8) is 0 Å². The van der Waals surface area contributed by atoms with Gasteiger partial charge in [0.25, 0.3) is 0 Å². The molecule has 2 aromatic rings. The van der Waals surface area contributed by atoms with E-state index in [2.05, 4.69) is 16.7 Å². The summed E-state index contributed by atoms with van der Waals surface area (Å²) in [6.07, 6.45) is 7.30. The van der Waals surface area contributed by atoms with Gasteiger partial charge in [-0.1, -0.05) is 49.6 Å². The predicted octanol–water partition coefficient (Wildman–Crippen LogP) is 4.82. The molecule has 34 heavy (non-hydrogen) atoms. The molecule has 2 aromatic carbocycles. The van der Waals surface area contributed by atoms with Crippen molar-refractivity contribution >= 4 is 11.8 Å². The molecule has 1 heterocycles. The third-order valence-corrected chi connectivity index (χ3v) is 7.27. The molecule has 0 aromatic heterocycles. The average Bonchev–Trinajstić information content (AvgIpc) is 3.38. The van der Waals surface area contributed by atoms with Crippen molar-refractivity contribution in [1.82, 2.24) is 15.5 Å². The Morgan fingerprint density at radius 1 is 0.941 bits per heavy atom. The molecule has 1 saturated heterocycles. The first-order chi connectivity index (χ1) is 16.6. The molecule has 0 spiro atoms. The van der Waals surface area contributed by atoms with Gasteiger partial charge in [0.15, 0.2) is 0 Å². The van der Waals surface area contributed by atoms with E-state index in [1.807, 2.05) is 60.4 Å². The van der Waals surface area contributed by atoms with Gasteiger partial charge in [-0.25, -0.2) is 0 Å². The summed E-state index contributed by atoms with van der Waals surface area (Å²) in [5.41, 5.74) is 1.08. The smallest absolute Gasteiger partial charge is 0.245 e. The third kappa shape index (κ3) is 5.79. The molecular formula is C28H37N3O3. The number of nitrogens with one attached hydrogen (secondary N) is 2. The maximum atomic E-state index is 13.9. The first kappa shape index (κ1) is 24.3. The molecule has 1 aliphatic carbocycles. The van der Waals surface area contributed by atoms with Gasteiger partial charge in [0.1, 0.15) is 17.5 Å². The summed E-state index contributed by atoms with van der Waals surface area (Å²) in [5.74, 6) is 1.70. The summed E-state index contributed by atoms with van der Waals surface area (Å²) in [4.78, 5) is 28.7. The van der Waals surface area contributed by atoms with Crippen LogP contribution in [0.4, 0.5) is 0 Å². The fourth-order valence-corrected chi connectivity index (χ4v) is 5.22. The number of carbonyl (C=O) groups is 2. The van der Waals surface area contributed by atoms with Gasteiger partial charge >= 0.3 is 0 Å². The fourth-order valence-electron chi connectivity index (χ4n) is 5.22. The zero-order valence-electron chi connectivity index (χ0n) is 20.3. The van der Waals surface area contributed by atoms with Crippen molar-refractivity contribution in [2.75, 3.05) is 13.6 Å². The van der Waals surface area contributed by atoms with Crippen molar-refractivity contribution in [1.29, 1.82) is 0 Å². The zero-order chi connectivity index (χ0) is 23.9. The van der Waals surface area contributed by atoms with Gasteiger partial charge in [0, 0.05) is 6.54 Å². The molecule has 6 heteroatoms. The lowest BCUT2D eigenvalue weighted by Crippen LogP contribution is -2.55. The molecule has 1 aliphatic heterocycles. The standard InChI is InChI=1S/C28H37N3O3/c1-20(29-2)27(32)30-26(21-11-5-3-6-12-21)28(33)31-18-10-17-25(31)22-13-9-16-24(19-22)34-23-14-7-4-8-15-23/h4,7-9,13-16,19-21,25-26,29H,3,5-6,10-12,17-18H2,1-2H3,(H,30,32)/t20-,25-,26-/m0/s1. The Morgan fingerprint density at radius 3 is 2.41 bits per heavy atom. The maximum absolute atomic E-state index is 13.9. The Hall–Kier alpha value is -2.86. The number of likely N-dealkylation sites (N-methyl/N-ethyl adjacent to an activating group) is 1. The number of carbonyl (C=O) groups excluding carboxylic acids is 2. The second-order valence-corrected chi connectivity index (χ2v) is 9.57. The lowest BCUT2D eigenvalue weighted by Gasteiger charge is -2.35. The number of ether oxygens (including phenoxy) is 1. The zero-order valence-corrected chi connectivity index (χ0v) is 20.3.